The van der Waals surface area contributed by atoms with Crippen LogP contribution in [-0.4, -0.2) is 25.1 Å². The van der Waals surface area contributed by atoms with Gasteiger partial charge in [-0.15, -0.1) is 10.2 Å². The van der Waals surface area contributed by atoms with Crippen LogP contribution in [0.4, 0.5) is 0 Å². The van der Waals surface area contributed by atoms with Crippen molar-refractivity contribution in [3.05, 3.63) is 54.4 Å². The van der Waals surface area contributed by atoms with Crippen LogP contribution < -0.4 is 0 Å². The van der Waals surface area contributed by atoms with Crippen molar-refractivity contribution in [1.29, 1.82) is 0 Å². The number of nitrogens with zero attached hydrogens (tertiary/aromatic N) is 4. The maximum absolute atomic E-state index is 4.55. The molecule has 0 atom stereocenters. The summed E-state index contributed by atoms with van der Waals surface area (Å²) in [4.78, 5) is 11.8. The van der Waals surface area contributed by atoms with E-state index < -0.39 is 0 Å². The lowest BCUT2D eigenvalue weighted by Crippen LogP contribution is -1.92. The van der Waals surface area contributed by atoms with Gasteiger partial charge in [-0.3, -0.25) is 4.98 Å². The van der Waals surface area contributed by atoms with E-state index in [1.807, 2.05) is 36.4 Å². The third kappa shape index (κ3) is 2.34. The fourth-order valence-corrected chi connectivity index (χ4v) is 2.94. The highest BCUT2D eigenvalue weighted by Crippen LogP contribution is 2.24. The van der Waals surface area contributed by atoms with Crippen LogP contribution in [0.5, 0.6) is 0 Å². The van der Waals surface area contributed by atoms with Gasteiger partial charge in [0.25, 0.3) is 0 Å². The van der Waals surface area contributed by atoms with Crippen LogP contribution in [0, 0.1) is 0 Å². The fourth-order valence-electron chi connectivity index (χ4n) is 2.19. The first-order valence-corrected chi connectivity index (χ1v) is 7.51. The van der Waals surface area contributed by atoms with E-state index in [0.717, 1.165) is 27.8 Å². The second kappa shape index (κ2) is 5.14. The van der Waals surface area contributed by atoms with Crippen LogP contribution in [0.25, 0.3) is 22.1 Å². The Labute approximate surface area is 126 Å². The summed E-state index contributed by atoms with van der Waals surface area (Å²) >= 11 is 1.57. The minimum atomic E-state index is 0. The molecular weight excluding hydrogens is 282 g/mol. The predicted molar refractivity (Wildman–Crippen MR) is 85.1 cm³/mol. The maximum atomic E-state index is 4.55. The number of thioether (sulfide) groups is 1. The van der Waals surface area contributed by atoms with Gasteiger partial charge in [0.05, 0.1) is 0 Å². The molecule has 0 spiro atoms. The zero-order chi connectivity index (χ0) is 14.1. The van der Waals surface area contributed by atoms with E-state index in [1.54, 1.807) is 24.2 Å². The number of H-pyrrole nitrogens is 1. The lowest BCUT2D eigenvalue weighted by Gasteiger charge is -1.99. The van der Waals surface area contributed by atoms with Gasteiger partial charge >= 0.3 is 0 Å². The molecular formula is C15H13N5S. The van der Waals surface area contributed by atoms with Crippen LogP contribution in [0.1, 0.15) is 6.99 Å². The second-order valence-corrected chi connectivity index (χ2v) is 5.55. The van der Waals surface area contributed by atoms with E-state index in [9.17, 15) is 0 Å². The van der Waals surface area contributed by atoms with Gasteiger partial charge in [0, 0.05) is 30.5 Å². The Morgan fingerprint density at radius 2 is 1.90 bits per heavy atom. The summed E-state index contributed by atoms with van der Waals surface area (Å²) in [5, 5.41) is 10.2. The van der Waals surface area contributed by atoms with Crippen molar-refractivity contribution in [3.8, 4) is 0 Å². The molecule has 4 rings (SSSR count). The second-order valence-electron chi connectivity index (χ2n) is 4.61. The summed E-state index contributed by atoms with van der Waals surface area (Å²) in [6.45, 7) is 0. The number of fused-ring (bicyclic) bond motifs is 3. The average molecular weight is 295 g/mol. The van der Waals surface area contributed by atoms with Gasteiger partial charge in [0.1, 0.15) is 5.52 Å². The Hall–Kier alpha value is -2.47. The van der Waals surface area contributed by atoms with Crippen LogP contribution in [0.2, 0.25) is 0 Å². The van der Waals surface area contributed by atoms with E-state index >= 15 is 0 Å². The summed E-state index contributed by atoms with van der Waals surface area (Å²) < 4.78 is 0. The van der Waals surface area contributed by atoms with Gasteiger partial charge in [-0.1, -0.05) is 30.0 Å². The van der Waals surface area contributed by atoms with Gasteiger partial charge in [0.15, 0.2) is 5.65 Å². The number of pyridine rings is 1. The Bertz CT molecular complexity index is 910. The van der Waals surface area contributed by atoms with Crippen molar-refractivity contribution >= 4 is 33.8 Å². The Morgan fingerprint density at radius 3 is 2.81 bits per heavy atom. The monoisotopic (exact) mass is 295 g/mol. The first-order valence-electron chi connectivity index (χ1n) is 6.53. The highest BCUT2D eigenvalue weighted by molar-refractivity contribution is 7.98. The van der Waals surface area contributed by atoms with Gasteiger partial charge in [-0.2, -0.15) is 0 Å². The zero-order valence-corrected chi connectivity index (χ0v) is 11.8. The Balaban J connectivity index is 0.00000144. The zero-order valence-electron chi connectivity index (χ0n) is 11.0. The molecule has 0 radical (unpaired) electrons. The third-order valence-corrected chi connectivity index (χ3v) is 4.13. The highest BCUT2D eigenvalue weighted by Gasteiger charge is 2.08. The van der Waals surface area contributed by atoms with Crippen molar-refractivity contribution in [1.82, 2.24) is 25.1 Å². The fraction of sp³-hybridized carbons (Fsp3) is 0.0667. The SMILES string of the molecule is [HH].c1ccc2c(c1)[nH]c1nc(SCc3ccncc3)nnc12. The van der Waals surface area contributed by atoms with E-state index in [2.05, 4.69) is 25.1 Å². The molecule has 0 bridgehead atoms. The molecule has 0 aliphatic rings. The molecule has 0 amide bonds. The van der Waals surface area contributed by atoms with E-state index in [1.165, 1.54) is 5.56 Å². The van der Waals surface area contributed by atoms with Crippen LogP contribution in [0.15, 0.2) is 53.9 Å². The summed E-state index contributed by atoms with van der Waals surface area (Å²) in [5.41, 5.74) is 3.82. The Kier molecular flexibility index (Phi) is 3.01. The van der Waals surface area contributed by atoms with Gasteiger partial charge in [0.2, 0.25) is 5.16 Å². The van der Waals surface area contributed by atoms with Crippen molar-refractivity contribution in [3.63, 3.8) is 0 Å². The van der Waals surface area contributed by atoms with Gasteiger partial charge in [-0.25, -0.2) is 4.98 Å². The van der Waals surface area contributed by atoms with Crippen molar-refractivity contribution in [2.24, 2.45) is 0 Å². The molecule has 1 N–H and O–H groups in total. The molecule has 0 aliphatic heterocycles. The molecule has 0 fully saturated rings. The molecule has 104 valence electrons. The molecule has 1 aromatic carbocycles. The normalized spacial score (nSPS) is 11.2. The molecule has 0 saturated carbocycles. The first kappa shape index (κ1) is 12.3. The first-order chi connectivity index (χ1) is 10.4. The van der Waals surface area contributed by atoms with E-state index in [4.69, 9.17) is 0 Å². The predicted octanol–water partition coefficient (Wildman–Crippen LogP) is 3.44. The number of rotatable bonds is 3. The molecule has 0 saturated heterocycles. The van der Waals surface area contributed by atoms with E-state index in [-0.39, 0.29) is 1.43 Å². The number of aromatic nitrogens is 5. The summed E-state index contributed by atoms with van der Waals surface area (Å²) in [5.74, 6) is 0.802. The summed E-state index contributed by atoms with van der Waals surface area (Å²) in [6, 6.07) is 12.0. The Morgan fingerprint density at radius 1 is 1.05 bits per heavy atom. The molecule has 6 heteroatoms. The number of benzene rings is 1. The molecule has 0 unspecified atom stereocenters. The molecule has 5 nitrogen and oxygen atoms in total. The van der Waals surface area contributed by atoms with Crippen molar-refractivity contribution < 1.29 is 1.43 Å². The molecule has 3 heterocycles. The van der Waals surface area contributed by atoms with Crippen LogP contribution >= 0.6 is 11.8 Å². The molecule has 4 aromatic rings. The topological polar surface area (TPSA) is 67.3 Å². The lowest BCUT2D eigenvalue weighted by molar-refractivity contribution is 0.878. The van der Waals surface area contributed by atoms with Gasteiger partial charge < -0.3 is 4.98 Å². The summed E-state index contributed by atoms with van der Waals surface area (Å²) in [6.07, 6.45) is 3.58. The highest BCUT2D eigenvalue weighted by atomic mass is 32.2. The smallest absolute Gasteiger partial charge is 0.211 e. The number of para-hydroxylation sites is 1. The lowest BCUT2D eigenvalue weighted by atomic mass is 10.2. The summed E-state index contributed by atoms with van der Waals surface area (Å²) in [7, 11) is 0. The number of aromatic amines is 1. The third-order valence-electron chi connectivity index (χ3n) is 3.22. The van der Waals surface area contributed by atoms with Crippen LogP contribution in [0.3, 0.4) is 0 Å². The largest absolute Gasteiger partial charge is 0.338 e. The molecule has 0 aliphatic carbocycles. The van der Waals surface area contributed by atoms with Crippen molar-refractivity contribution in [2.75, 3.05) is 0 Å². The number of hydrogen-bond acceptors (Lipinski definition) is 5. The molecule has 3 aromatic heterocycles. The van der Waals surface area contributed by atoms with E-state index in [0.29, 0.717) is 5.16 Å². The standard InChI is InChI=1S/C15H11N5S.H2/c1-2-4-12-11(3-1)13-14(17-12)18-15(20-19-13)21-9-10-5-7-16-8-6-10;/h1-8H,9H2,(H,17,18,20);1H. The quantitative estimate of drug-likeness (QED) is 0.586. The number of hydrogen-bond donors (Lipinski definition) is 1. The minimum absolute atomic E-state index is 0. The average Bonchev–Trinajstić information content (AvgIpc) is 2.91. The van der Waals surface area contributed by atoms with Crippen LogP contribution in [-0.2, 0) is 5.75 Å². The minimum Gasteiger partial charge on any atom is -0.338 e. The van der Waals surface area contributed by atoms with Gasteiger partial charge in [-0.05, 0) is 23.8 Å². The number of nitrogens with one attached hydrogen (secondary N) is 1. The molecule has 21 heavy (non-hydrogen) atoms. The maximum Gasteiger partial charge on any atom is 0.211 e. The van der Waals surface area contributed by atoms with Crippen molar-refractivity contribution in [2.45, 2.75) is 10.9 Å².